The maximum absolute atomic E-state index is 10.6. The molecule has 2 aliphatic rings. The van der Waals surface area contributed by atoms with Gasteiger partial charge in [0.2, 0.25) is 0 Å². The quantitative estimate of drug-likeness (QED) is 0.829. The van der Waals surface area contributed by atoms with Crippen molar-refractivity contribution in [1.29, 1.82) is 0 Å². The van der Waals surface area contributed by atoms with Gasteiger partial charge in [-0.3, -0.25) is 0 Å². The summed E-state index contributed by atoms with van der Waals surface area (Å²) in [6.07, 6.45) is 3.66. The van der Waals surface area contributed by atoms with Crippen LogP contribution in [0.25, 0.3) is 0 Å². The van der Waals surface area contributed by atoms with Crippen molar-refractivity contribution in [1.82, 2.24) is 0 Å². The van der Waals surface area contributed by atoms with Crippen LogP contribution in [0.4, 0.5) is 0 Å². The molecule has 3 rings (SSSR count). The summed E-state index contributed by atoms with van der Waals surface area (Å²) in [7, 11) is 0. The molecule has 0 amide bonds. The Bertz CT molecular complexity index is 386. The van der Waals surface area contributed by atoms with Gasteiger partial charge >= 0.3 is 0 Å². The summed E-state index contributed by atoms with van der Waals surface area (Å²) in [6.45, 7) is 0. The summed E-state index contributed by atoms with van der Waals surface area (Å²) in [5.41, 5.74) is 0.545. The molecule has 1 aromatic rings. The first-order valence-corrected chi connectivity index (χ1v) is 6.90. The van der Waals surface area contributed by atoms with E-state index >= 15 is 0 Å². The molecule has 0 radical (unpaired) electrons. The lowest BCUT2D eigenvalue weighted by Crippen LogP contribution is -2.13. The molecule has 1 nitrogen and oxygen atoms in total. The minimum atomic E-state index is -0.523. The molecule has 2 fully saturated rings. The number of halogens is 2. The van der Waals surface area contributed by atoms with Crippen molar-refractivity contribution in [2.24, 2.45) is 11.8 Å². The molecular formula is C12H12Br2O. The van der Waals surface area contributed by atoms with Crippen LogP contribution in [0.3, 0.4) is 0 Å². The van der Waals surface area contributed by atoms with E-state index in [4.69, 9.17) is 0 Å². The topological polar surface area (TPSA) is 20.2 Å². The molecule has 1 N–H and O–H groups in total. The van der Waals surface area contributed by atoms with Crippen molar-refractivity contribution in [3.05, 3.63) is 32.7 Å². The van der Waals surface area contributed by atoms with Gasteiger partial charge in [-0.15, -0.1) is 0 Å². The monoisotopic (exact) mass is 330 g/mol. The van der Waals surface area contributed by atoms with Crippen LogP contribution in [0.1, 0.15) is 24.8 Å². The maximum atomic E-state index is 10.6. The molecule has 2 aliphatic carbocycles. The van der Waals surface area contributed by atoms with Crippen LogP contribution in [0, 0.1) is 11.8 Å². The molecule has 80 valence electrons. The summed E-state index contributed by atoms with van der Waals surface area (Å²) in [5, 5.41) is 10.6. The van der Waals surface area contributed by atoms with Crippen molar-refractivity contribution < 1.29 is 5.11 Å². The SMILES string of the molecule is OC1(c2cc(Br)cc(Br)c2)C2CCCC21. The number of benzene rings is 1. The highest BCUT2D eigenvalue weighted by Crippen LogP contribution is 2.66. The molecular weight excluding hydrogens is 320 g/mol. The van der Waals surface area contributed by atoms with E-state index in [1.807, 2.05) is 18.2 Å². The third kappa shape index (κ3) is 1.43. The summed E-state index contributed by atoms with van der Waals surface area (Å²) >= 11 is 6.94. The van der Waals surface area contributed by atoms with Crippen LogP contribution in [0.5, 0.6) is 0 Å². The fourth-order valence-corrected chi connectivity index (χ4v) is 4.43. The van der Waals surface area contributed by atoms with Crippen molar-refractivity contribution in [2.75, 3.05) is 0 Å². The van der Waals surface area contributed by atoms with Gasteiger partial charge in [0.15, 0.2) is 0 Å². The smallest absolute Gasteiger partial charge is 0.0960 e. The third-order valence-corrected chi connectivity index (χ3v) is 4.78. The van der Waals surface area contributed by atoms with Crippen molar-refractivity contribution >= 4 is 31.9 Å². The molecule has 0 aliphatic heterocycles. The van der Waals surface area contributed by atoms with Gasteiger partial charge in [0.1, 0.15) is 0 Å². The maximum Gasteiger partial charge on any atom is 0.0960 e. The standard InChI is InChI=1S/C12H12Br2O/c13-8-4-7(5-9(14)6-8)12(15)10-2-1-3-11(10)12/h4-6,10-11,15H,1-3H2. The van der Waals surface area contributed by atoms with Crippen LogP contribution < -0.4 is 0 Å². The van der Waals surface area contributed by atoms with Crippen LogP contribution in [0.15, 0.2) is 27.1 Å². The lowest BCUT2D eigenvalue weighted by molar-refractivity contribution is 0.105. The zero-order chi connectivity index (χ0) is 10.6. The predicted octanol–water partition coefficient (Wildman–Crippen LogP) is 3.83. The second-order valence-corrected chi connectivity index (χ2v) is 6.46. The Morgan fingerprint density at radius 3 is 2.13 bits per heavy atom. The van der Waals surface area contributed by atoms with Crippen LogP contribution in [0.2, 0.25) is 0 Å². The van der Waals surface area contributed by atoms with Gasteiger partial charge in [-0.05, 0) is 48.4 Å². The van der Waals surface area contributed by atoms with Gasteiger partial charge in [-0.1, -0.05) is 38.3 Å². The first-order valence-electron chi connectivity index (χ1n) is 5.31. The first kappa shape index (κ1) is 10.3. The Balaban J connectivity index is 2.00. The Kier molecular flexibility index (Phi) is 2.28. The van der Waals surface area contributed by atoms with Gasteiger partial charge in [0.25, 0.3) is 0 Å². The fourth-order valence-electron chi connectivity index (χ4n) is 3.13. The van der Waals surface area contributed by atoms with E-state index in [1.54, 1.807) is 0 Å². The zero-order valence-electron chi connectivity index (χ0n) is 8.21. The van der Waals surface area contributed by atoms with E-state index in [0.29, 0.717) is 11.8 Å². The first-order chi connectivity index (χ1) is 7.12. The van der Waals surface area contributed by atoms with E-state index in [9.17, 15) is 5.11 Å². The molecule has 2 saturated carbocycles. The molecule has 2 unspecified atom stereocenters. The van der Waals surface area contributed by atoms with E-state index in [2.05, 4.69) is 31.9 Å². The summed E-state index contributed by atoms with van der Waals surface area (Å²) < 4.78 is 2.07. The van der Waals surface area contributed by atoms with Gasteiger partial charge in [-0.2, -0.15) is 0 Å². The Morgan fingerprint density at radius 1 is 1.07 bits per heavy atom. The second-order valence-electron chi connectivity index (χ2n) is 4.63. The molecule has 2 atom stereocenters. The van der Waals surface area contributed by atoms with Crippen LogP contribution in [-0.4, -0.2) is 5.11 Å². The summed E-state index contributed by atoms with van der Waals surface area (Å²) in [6, 6.07) is 6.09. The van der Waals surface area contributed by atoms with E-state index in [1.165, 1.54) is 19.3 Å². The average Bonchev–Trinajstić information content (AvgIpc) is 2.61. The van der Waals surface area contributed by atoms with Gasteiger partial charge < -0.3 is 5.11 Å². The van der Waals surface area contributed by atoms with Crippen LogP contribution >= 0.6 is 31.9 Å². The Morgan fingerprint density at radius 2 is 1.60 bits per heavy atom. The Labute approximate surface area is 106 Å². The highest BCUT2D eigenvalue weighted by Gasteiger charge is 2.66. The molecule has 1 aromatic carbocycles. The minimum Gasteiger partial charge on any atom is -0.385 e. The molecule has 15 heavy (non-hydrogen) atoms. The minimum absolute atomic E-state index is 0.513. The van der Waals surface area contributed by atoms with E-state index in [0.717, 1.165) is 14.5 Å². The molecule has 0 aromatic heterocycles. The second kappa shape index (κ2) is 3.31. The van der Waals surface area contributed by atoms with Crippen LogP contribution in [-0.2, 0) is 5.60 Å². The number of hydrogen-bond donors (Lipinski definition) is 1. The fraction of sp³-hybridized carbons (Fsp3) is 0.500. The molecule has 3 heteroatoms. The summed E-state index contributed by atoms with van der Waals surface area (Å²) in [4.78, 5) is 0. The van der Waals surface area contributed by atoms with Crippen molar-refractivity contribution in [3.8, 4) is 0 Å². The molecule has 0 bridgehead atoms. The predicted molar refractivity (Wildman–Crippen MR) is 66.6 cm³/mol. The Hall–Kier alpha value is 0.140. The molecule has 0 heterocycles. The van der Waals surface area contributed by atoms with Gasteiger partial charge in [0, 0.05) is 8.95 Å². The number of aliphatic hydroxyl groups is 1. The van der Waals surface area contributed by atoms with Gasteiger partial charge in [0.05, 0.1) is 5.60 Å². The zero-order valence-corrected chi connectivity index (χ0v) is 11.4. The summed E-state index contributed by atoms with van der Waals surface area (Å²) in [5.74, 6) is 1.03. The average molecular weight is 332 g/mol. The van der Waals surface area contributed by atoms with Crippen molar-refractivity contribution in [2.45, 2.75) is 24.9 Å². The number of rotatable bonds is 1. The lowest BCUT2D eigenvalue weighted by atomic mass is 9.99. The van der Waals surface area contributed by atoms with Gasteiger partial charge in [-0.25, -0.2) is 0 Å². The highest BCUT2D eigenvalue weighted by molar-refractivity contribution is 9.11. The normalized spacial score (nSPS) is 37.8. The number of fused-ring (bicyclic) bond motifs is 1. The highest BCUT2D eigenvalue weighted by atomic mass is 79.9. The molecule has 0 spiro atoms. The van der Waals surface area contributed by atoms with E-state index in [-0.39, 0.29) is 0 Å². The van der Waals surface area contributed by atoms with E-state index < -0.39 is 5.60 Å². The number of hydrogen-bond acceptors (Lipinski definition) is 1. The third-order valence-electron chi connectivity index (χ3n) is 3.86. The lowest BCUT2D eigenvalue weighted by Gasteiger charge is -2.15. The van der Waals surface area contributed by atoms with Crippen molar-refractivity contribution in [3.63, 3.8) is 0 Å². The largest absolute Gasteiger partial charge is 0.385 e. The molecule has 0 saturated heterocycles.